The van der Waals surface area contributed by atoms with Gasteiger partial charge in [-0.05, 0) is 49.3 Å². The van der Waals surface area contributed by atoms with Gasteiger partial charge in [-0.3, -0.25) is 0 Å². The summed E-state index contributed by atoms with van der Waals surface area (Å²) < 4.78 is 10.7. The lowest BCUT2D eigenvalue weighted by atomic mass is 9.96. The molecule has 0 fully saturated rings. The number of carbonyl (C=O) groups excluding carboxylic acids is 1. The molecule has 6 heteroatoms. The van der Waals surface area contributed by atoms with Crippen molar-refractivity contribution >= 4 is 22.6 Å². The van der Waals surface area contributed by atoms with Crippen LogP contribution < -0.4 is 11.4 Å². The molecule has 0 radical (unpaired) electrons. The molecule has 26 heavy (non-hydrogen) atoms. The molecule has 1 heterocycles. The lowest BCUT2D eigenvalue weighted by Crippen LogP contribution is -2.20. The highest BCUT2D eigenvalue weighted by atomic mass is 16.5. The largest absolute Gasteiger partial charge is 0.462 e. The van der Waals surface area contributed by atoms with Crippen LogP contribution >= 0.6 is 0 Å². The average molecular weight is 361 g/mol. The number of unbranched alkanes of at least 4 members (excludes halogenated alkanes) is 3. The minimum absolute atomic E-state index is 0.0187. The fourth-order valence-corrected chi connectivity index (χ4v) is 3.16. The van der Waals surface area contributed by atoms with Gasteiger partial charge in [0.05, 0.1) is 6.61 Å². The highest BCUT2D eigenvalue weighted by Gasteiger charge is 2.23. The number of nitrogens with two attached hydrogens (primary N) is 1. The fourth-order valence-electron chi connectivity index (χ4n) is 3.16. The lowest BCUT2D eigenvalue weighted by molar-refractivity contribution is 0.0491. The van der Waals surface area contributed by atoms with E-state index in [1.165, 1.54) is 0 Å². The number of carbonyl (C=O) groups is 1. The Hall–Kier alpha value is -2.34. The van der Waals surface area contributed by atoms with Crippen molar-refractivity contribution in [3.8, 4) is 0 Å². The molecule has 6 nitrogen and oxygen atoms in total. The fraction of sp³-hybridized carbons (Fsp3) is 0.500. The molecule has 0 amide bonds. The number of aliphatic hydroxyl groups excluding tert-OH is 1. The number of hydrogen-bond acceptors (Lipinski definition) is 6. The number of ether oxygens (including phenoxy) is 1. The first-order valence-corrected chi connectivity index (χ1v) is 9.19. The number of rotatable bonds is 9. The number of nitrogen functional groups attached to an aromatic ring is 1. The first-order valence-electron chi connectivity index (χ1n) is 9.19. The summed E-state index contributed by atoms with van der Waals surface area (Å²) in [6, 6.07) is 3.46. The predicted octanol–water partition coefficient (Wildman–Crippen LogP) is 3.21. The van der Waals surface area contributed by atoms with Gasteiger partial charge in [0.1, 0.15) is 11.1 Å². The van der Waals surface area contributed by atoms with Gasteiger partial charge in [-0.1, -0.05) is 20.3 Å². The number of benzene rings is 1. The molecular weight excluding hydrogens is 334 g/mol. The maximum atomic E-state index is 12.5. The zero-order valence-electron chi connectivity index (χ0n) is 15.5. The second-order valence-corrected chi connectivity index (χ2v) is 6.28. The molecule has 0 saturated carbocycles. The third-order valence-electron chi connectivity index (χ3n) is 4.44. The Morgan fingerprint density at radius 1 is 1.15 bits per heavy atom. The number of fused-ring (bicyclic) bond motifs is 1. The molecule has 0 atom stereocenters. The Balaban J connectivity index is 2.32. The van der Waals surface area contributed by atoms with Crippen molar-refractivity contribution in [2.24, 2.45) is 0 Å². The summed E-state index contributed by atoms with van der Waals surface area (Å²) in [5.74, 6) is -0.640. The van der Waals surface area contributed by atoms with E-state index in [9.17, 15) is 9.59 Å². The molecule has 0 aliphatic carbocycles. The number of aliphatic hydroxyl groups is 1. The molecule has 0 unspecified atom stereocenters. The number of esters is 1. The first-order chi connectivity index (χ1) is 12.5. The highest BCUT2D eigenvalue weighted by molar-refractivity contribution is 5.98. The highest BCUT2D eigenvalue weighted by Crippen LogP contribution is 2.28. The van der Waals surface area contributed by atoms with E-state index in [0.29, 0.717) is 36.1 Å². The number of hydrogen-bond donors (Lipinski definition) is 2. The third-order valence-corrected chi connectivity index (χ3v) is 4.44. The van der Waals surface area contributed by atoms with Crippen molar-refractivity contribution in [3.05, 3.63) is 39.2 Å². The van der Waals surface area contributed by atoms with Crippen LogP contribution in [0.3, 0.4) is 0 Å². The standard InChI is InChI=1S/C20H27NO5/c1-3-13-11-14(21)12-16-17(13)15(4-2)18(20(24)26-16)19(23)25-10-8-6-5-7-9-22/h11-12,22H,3-10,21H2,1-2H3. The Bertz CT molecular complexity index is 825. The Kier molecular flexibility index (Phi) is 7.21. The third kappa shape index (κ3) is 4.43. The maximum Gasteiger partial charge on any atom is 0.351 e. The first kappa shape index (κ1) is 20.0. The zero-order valence-corrected chi connectivity index (χ0v) is 15.5. The summed E-state index contributed by atoms with van der Waals surface area (Å²) in [7, 11) is 0. The van der Waals surface area contributed by atoms with Crippen LogP contribution in [0, 0.1) is 0 Å². The predicted molar refractivity (Wildman–Crippen MR) is 101 cm³/mol. The van der Waals surface area contributed by atoms with Crippen LogP contribution in [0.4, 0.5) is 5.69 Å². The second-order valence-electron chi connectivity index (χ2n) is 6.28. The molecule has 0 spiro atoms. The smallest absolute Gasteiger partial charge is 0.351 e. The van der Waals surface area contributed by atoms with Gasteiger partial charge in [0.15, 0.2) is 0 Å². The van der Waals surface area contributed by atoms with Crippen molar-refractivity contribution < 1.29 is 19.1 Å². The van der Waals surface area contributed by atoms with E-state index in [1.807, 2.05) is 19.9 Å². The quantitative estimate of drug-likeness (QED) is 0.308. The summed E-state index contributed by atoms with van der Waals surface area (Å²) >= 11 is 0. The second kappa shape index (κ2) is 9.38. The molecule has 2 aromatic rings. The summed E-state index contributed by atoms with van der Waals surface area (Å²) in [4.78, 5) is 24.9. The zero-order chi connectivity index (χ0) is 19.1. The maximum absolute atomic E-state index is 12.5. The molecule has 142 valence electrons. The van der Waals surface area contributed by atoms with Crippen LogP contribution in [-0.2, 0) is 17.6 Å². The summed E-state index contributed by atoms with van der Waals surface area (Å²) in [5, 5.41) is 9.53. The molecule has 3 N–H and O–H groups in total. The monoisotopic (exact) mass is 361 g/mol. The molecule has 2 rings (SSSR count). The van der Waals surface area contributed by atoms with Crippen molar-refractivity contribution in [1.29, 1.82) is 0 Å². The molecular formula is C20H27NO5. The molecule has 1 aromatic carbocycles. The molecule has 1 aromatic heterocycles. The van der Waals surface area contributed by atoms with E-state index in [4.69, 9.17) is 20.0 Å². The lowest BCUT2D eigenvalue weighted by Gasteiger charge is -2.13. The number of aryl methyl sites for hydroxylation is 2. The van der Waals surface area contributed by atoms with Crippen molar-refractivity contribution in [2.75, 3.05) is 18.9 Å². The van der Waals surface area contributed by atoms with Gasteiger partial charge in [-0.25, -0.2) is 9.59 Å². The normalized spacial score (nSPS) is 11.0. The van der Waals surface area contributed by atoms with E-state index in [0.717, 1.165) is 30.2 Å². The van der Waals surface area contributed by atoms with E-state index in [2.05, 4.69) is 0 Å². The summed E-state index contributed by atoms with van der Waals surface area (Å²) in [6.45, 7) is 4.30. The van der Waals surface area contributed by atoms with Gasteiger partial charge in [-0.2, -0.15) is 0 Å². The van der Waals surface area contributed by atoms with Crippen molar-refractivity contribution in [3.63, 3.8) is 0 Å². The van der Waals surface area contributed by atoms with E-state index in [-0.39, 0.29) is 18.8 Å². The van der Waals surface area contributed by atoms with Gasteiger partial charge >= 0.3 is 11.6 Å². The molecule has 0 aliphatic heterocycles. The van der Waals surface area contributed by atoms with Crippen LogP contribution in [0.2, 0.25) is 0 Å². The Morgan fingerprint density at radius 3 is 2.54 bits per heavy atom. The van der Waals surface area contributed by atoms with E-state index >= 15 is 0 Å². The van der Waals surface area contributed by atoms with Gasteiger partial charge in [0, 0.05) is 23.7 Å². The molecule has 0 bridgehead atoms. The molecule has 0 saturated heterocycles. The van der Waals surface area contributed by atoms with E-state index < -0.39 is 11.6 Å². The SMILES string of the molecule is CCc1cc(N)cc2oc(=O)c(C(=O)OCCCCCCO)c(CC)c12. The average Bonchev–Trinajstić information content (AvgIpc) is 2.62. The summed E-state index contributed by atoms with van der Waals surface area (Å²) in [5.41, 5.74) is 7.71. The Morgan fingerprint density at radius 2 is 1.88 bits per heavy atom. The molecule has 0 aliphatic rings. The van der Waals surface area contributed by atoms with Gasteiger partial charge in [-0.15, -0.1) is 0 Å². The summed E-state index contributed by atoms with van der Waals surface area (Å²) in [6.07, 6.45) is 4.41. The van der Waals surface area contributed by atoms with E-state index in [1.54, 1.807) is 6.07 Å². The van der Waals surface area contributed by atoms with Crippen LogP contribution in [0.5, 0.6) is 0 Å². The van der Waals surface area contributed by atoms with Crippen molar-refractivity contribution in [2.45, 2.75) is 52.4 Å². The number of anilines is 1. The minimum Gasteiger partial charge on any atom is -0.462 e. The van der Waals surface area contributed by atoms with Crippen molar-refractivity contribution in [1.82, 2.24) is 0 Å². The van der Waals surface area contributed by atoms with Gasteiger partial charge in [0.25, 0.3) is 0 Å². The van der Waals surface area contributed by atoms with Crippen LogP contribution in [0.1, 0.15) is 61.0 Å². The topological polar surface area (TPSA) is 103 Å². The van der Waals surface area contributed by atoms with Crippen LogP contribution in [-0.4, -0.2) is 24.3 Å². The van der Waals surface area contributed by atoms with Gasteiger partial charge in [0.2, 0.25) is 0 Å². The minimum atomic E-state index is -0.688. The van der Waals surface area contributed by atoms with Crippen LogP contribution in [0.15, 0.2) is 21.3 Å². The van der Waals surface area contributed by atoms with Gasteiger partial charge < -0.3 is 20.0 Å². The van der Waals surface area contributed by atoms with Crippen LogP contribution in [0.25, 0.3) is 11.0 Å². The Labute approximate surface area is 153 Å².